The predicted octanol–water partition coefficient (Wildman–Crippen LogP) is 2.30. The number of carboxylic acid groups (broad SMARTS) is 1. The highest BCUT2D eigenvalue weighted by molar-refractivity contribution is 7.09. The summed E-state index contributed by atoms with van der Waals surface area (Å²) >= 11 is 1.53. The second-order valence-corrected chi connectivity index (χ2v) is 6.46. The van der Waals surface area contributed by atoms with Crippen molar-refractivity contribution in [2.24, 2.45) is 11.8 Å². The zero-order valence-electron chi connectivity index (χ0n) is 12.0. The lowest BCUT2D eigenvalue weighted by molar-refractivity contribution is -0.153. The van der Waals surface area contributed by atoms with Crippen LogP contribution in [0.4, 0.5) is 0 Å². The summed E-state index contributed by atoms with van der Waals surface area (Å²) in [5, 5.41) is 14.9. The van der Waals surface area contributed by atoms with Crippen LogP contribution >= 0.6 is 11.3 Å². The SMILES string of the molecule is CCC(C)(NC(=O)C1CCC1C(=O)O)c1nc(C)cs1. The second-order valence-electron chi connectivity index (χ2n) is 5.60. The van der Waals surface area contributed by atoms with Crippen molar-refractivity contribution in [1.82, 2.24) is 10.3 Å². The number of aliphatic carboxylic acids is 1. The monoisotopic (exact) mass is 296 g/mol. The minimum absolute atomic E-state index is 0.166. The van der Waals surface area contributed by atoms with Crippen molar-refractivity contribution < 1.29 is 14.7 Å². The summed E-state index contributed by atoms with van der Waals surface area (Å²) in [5.74, 6) is -1.98. The number of nitrogens with zero attached hydrogens (tertiary/aromatic N) is 1. The molecule has 3 unspecified atom stereocenters. The Labute approximate surface area is 122 Å². The molecule has 0 aromatic carbocycles. The van der Waals surface area contributed by atoms with E-state index in [9.17, 15) is 9.59 Å². The quantitative estimate of drug-likeness (QED) is 0.874. The van der Waals surface area contributed by atoms with Crippen LogP contribution < -0.4 is 5.32 Å². The van der Waals surface area contributed by atoms with Gasteiger partial charge in [0.2, 0.25) is 5.91 Å². The molecule has 1 aromatic heterocycles. The minimum atomic E-state index is -0.875. The van der Waals surface area contributed by atoms with Gasteiger partial charge in [-0.15, -0.1) is 11.3 Å². The Balaban J connectivity index is 2.10. The number of nitrogens with one attached hydrogen (secondary N) is 1. The van der Waals surface area contributed by atoms with Gasteiger partial charge in [0.25, 0.3) is 0 Å². The fraction of sp³-hybridized carbons (Fsp3) is 0.643. The topological polar surface area (TPSA) is 79.3 Å². The molecule has 1 fully saturated rings. The molecule has 5 nitrogen and oxygen atoms in total. The van der Waals surface area contributed by atoms with Gasteiger partial charge in [0, 0.05) is 11.1 Å². The zero-order valence-corrected chi connectivity index (χ0v) is 12.8. The van der Waals surface area contributed by atoms with E-state index < -0.39 is 23.3 Å². The Kier molecular flexibility index (Phi) is 4.13. The molecule has 1 aliphatic carbocycles. The molecule has 0 radical (unpaired) electrons. The molecule has 1 amide bonds. The van der Waals surface area contributed by atoms with Crippen molar-refractivity contribution >= 4 is 23.2 Å². The van der Waals surface area contributed by atoms with E-state index in [0.717, 1.165) is 17.1 Å². The number of hydrogen-bond acceptors (Lipinski definition) is 4. The van der Waals surface area contributed by atoms with E-state index in [1.807, 2.05) is 26.2 Å². The van der Waals surface area contributed by atoms with Crippen molar-refractivity contribution in [3.63, 3.8) is 0 Å². The normalized spacial score (nSPS) is 24.6. The number of rotatable bonds is 5. The maximum atomic E-state index is 12.3. The minimum Gasteiger partial charge on any atom is -0.481 e. The van der Waals surface area contributed by atoms with E-state index in [4.69, 9.17) is 5.11 Å². The van der Waals surface area contributed by atoms with Crippen molar-refractivity contribution in [2.45, 2.75) is 45.6 Å². The van der Waals surface area contributed by atoms with Gasteiger partial charge in [0.1, 0.15) is 5.01 Å². The molecule has 2 rings (SSSR count). The van der Waals surface area contributed by atoms with Crippen LogP contribution in [0.2, 0.25) is 0 Å². The lowest BCUT2D eigenvalue weighted by Crippen LogP contribution is -2.50. The Morgan fingerprint density at radius 1 is 1.50 bits per heavy atom. The van der Waals surface area contributed by atoms with Crippen molar-refractivity contribution in [2.75, 3.05) is 0 Å². The third kappa shape index (κ3) is 2.70. The maximum absolute atomic E-state index is 12.3. The summed E-state index contributed by atoms with van der Waals surface area (Å²) in [4.78, 5) is 27.8. The standard InChI is InChI=1S/C14H20N2O3S/c1-4-14(3,13-15-8(2)7-20-13)16-11(17)9-5-6-10(9)12(18)19/h7,9-10H,4-6H2,1-3H3,(H,16,17)(H,18,19). The molecule has 110 valence electrons. The average molecular weight is 296 g/mol. The molecule has 0 spiro atoms. The highest BCUT2D eigenvalue weighted by Crippen LogP contribution is 2.36. The van der Waals surface area contributed by atoms with Crippen LogP contribution in [0, 0.1) is 18.8 Å². The molecule has 6 heteroatoms. The summed E-state index contributed by atoms with van der Waals surface area (Å²) in [6.45, 7) is 5.86. The van der Waals surface area contributed by atoms with Crippen molar-refractivity contribution in [3.05, 3.63) is 16.1 Å². The van der Waals surface area contributed by atoms with Crippen LogP contribution in [-0.2, 0) is 15.1 Å². The van der Waals surface area contributed by atoms with Crippen molar-refractivity contribution in [3.8, 4) is 0 Å². The summed E-state index contributed by atoms with van der Waals surface area (Å²) in [5.41, 5.74) is 0.417. The van der Waals surface area contributed by atoms with Crippen LogP contribution in [0.1, 0.15) is 43.8 Å². The molecular weight excluding hydrogens is 276 g/mol. The summed E-state index contributed by atoms with van der Waals surface area (Å²) in [6.07, 6.45) is 1.96. The highest BCUT2D eigenvalue weighted by atomic mass is 32.1. The Morgan fingerprint density at radius 2 is 2.15 bits per heavy atom. The van der Waals surface area contributed by atoms with E-state index in [2.05, 4.69) is 10.3 Å². The van der Waals surface area contributed by atoms with Crippen molar-refractivity contribution in [1.29, 1.82) is 0 Å². The first kappa shape index (κ1) is 15.0. The zero-order chi connectivity index (χ0) is 14.9. The number of carbonyl (C=O) groups is 2. The number of carboxylic acids is 1. The molecular formula is C14H20N2O3S. The van der Waals surface area contributed by atoms with E-state index in [-0.39, 0.29) is 5.91 Å². The molecule has 0 bridgehead atoms. The molecule has 0 aliphatic heterocycles. The molecule has 1 heterocycles. The smallest absolute Gasteiger partial charge is 0.307 e. The van der Waals surface area contributed by atoms with Crippen LogP contribution in [0.25, 0.3) is 0 Å². The average Bonchev–Trinajstić information content (AvgIpc) is 2.73. The lowest BCUT2D eigenvalue weighted by atomic mass is 9.73. The Bertz CT molecular complexity index is 528. The first-order chi connectivity index (χ1) is 9.37. The van der Waals surface area contributed by atoms with E-state index in [1.165, 1.54) is 11.3 Å². The van der Waals surface area contributed by atoms with Crippen LogP contribution in [-0.4, -0.2) is 22.0 Å². The Hall–Kier alpha value is -1.43. The third-order valence-electron chi connectivity index (χ3n) is 4.13. The largest absolute Gasteiger partial charge is 0.481 e. The molecule has 20 heavy (non-hydrogen) atoms. The molecule has 0 saturated heterocycles. The van der Waals surface area contributed by atoms with Gasteiger partial charge in [-0.05, 0) is 33.1 Å². The third-order valence-corrected chi connectivity index (χ3v) is 5.35. The Morgan fingerprint density at radius 3 is 2.55 bits per heavy atom. The van der Waals surface area contributed by atoms with E-state index in [0.29, 0.717) is 12.8 Å². The van der Waals surface area contributed by atoms with Gasteiger partial charge in [0.15, 0.2) is 0 Å². The molecule has 1 saturated carbocycles. The molecule has 1 aliphatic rings. The fourth-order valence-electron chi connectivity index (χ4n) is 2.37. The summed E-state index contributed by atoms with van der Waals surface area (Å²) in [7, 11) is 0. The maximum Gasteiger partial charge on any atom is 0.307 e. The highest BCUT2D eigenvalue weighted by Gasteiger charge is 2.43. The number of aromatic nitrogens is 1. The number of hydrogen-bond donors (Lipinski definition) is 2. The van der Waals surface area contributed by atoms with E-state index in [1.54, 1.807) is 0 Å². The van der Waals surface area contributed by atoms with Gasteiger partial charge in [-0.1, -0.05) is 6.92 Å². The molecule has 2 N–H and O–H groups in total. The number of amides is 1. The fourth-order valence-corrected chi connectivity index (χ4v) is 3.36. The molecule has 3 atom stereocenters. The summed E-state index contributed by atoms with van der Waals surface area (Å²) < 4.78 is 0. The van der Waals surface area contributed by atoms with Crippen LogP contribution in [0.3, 0.4) is 0 Å². The van der Waals surface area contributed by atoms with Crippen LogP contribution in [0.5, 0.6) is 0 Å². The van der Waals surface area contributed by atoms with E-state index >= 15 is 0 Å². The summed E-state index contributed by atoms with van der Waals surface area (Å²) in [6, 6.07) is 0. The van der Waals surface area contributed by atoms with Gasteiger partial charge < -0.3 is 10.4 Å². The van der Waals surface area contributed by atoms with Gasteiger partial charge >= 0.3 is 5.97 Å². The molecule has 1 aromatic rings. The second kappa shape index (κ2) is 5.52. The van der Waals surface area contributed by atoms with Gasteiger partial charge in [-0.2, -0.15) is 0 Å². The number of aryl methyl sites for hydroxylation is 1. The van der Waals surface area contributed by atoms with Gasteiger partial charge in [0.05, 0.1) is 17.4 Å². The lowest BCUT2D eigenvalue weighted by Gasteiger charge is -2.36. The first-order valence-corrected chi connectivity index (χ1v) is 7.73. The number of thiazole rings is 1. The van der Waals surface area contributed by atoms with Gasteiger partial charge in [-0.3, -0.25) is 9.59 Å². The number of carbonyl (C=O) groups excluding carboxylic acids is 1. The van der Waals surface area contributed by atoms with Crippen LogP contribution in [0.15, 0.2) is 5.38 Å². The first-order valence-electron chi connectivity index (χ1n) is 6.85. The van der Waals surface area contributed by atoms with Gasteiger partial charge in [-0.25, -0.2) is 4.98 Å². The predicted molar refractivity (Wildman–Crippen MR) is 76.5 cm³/mol.